The molecule has 0 bridgehead atoms. The second kappa shape index (κ2) is 9.59. The van der Waals surface area contributed by atoms with Gasteiger partial charge in [-0.1, -0.05) is 23.7 Å². The zero-order valence-corrected chi connectivity index (χ0v) is 20.0. The third-order valence-corrected chi connectivity index (χ3v) is 7.43. The Morgan fingerprint density at radius 3 is 2.55 bits per heavy atom. The number of methoxy groups -OCH3 is 1. The normalized spacial score (nSPS) is 14.1. The van der Waals surface area contributed by atoms with Gasteiger partial charge in [-0.15, -0.1) is 11.3 Å². The lowest BCUT2D eigenvalue weighted by Gasteiger charge is -2.17. The number of likely N-dealkylation sites (tertiary alicyclic amines) is 1. The van der Waals surface area contributed by atoms with Crippen molar-refractivity contribution in [3.05, 3.63) is 76.2 Å². The highest BCUT2D eigenvalue weighted by Crippen LogP contribution is 2.33. The second-order valence-corrected chi connectivity index (χ2v) is 9.61. The molecule has 0 spiro atoms. The first-order valence-electron chi connectivity index (χ1n) is 11.1. The number of thiophene rings is 1. The molecule has 2 aromatic carbocycles. The Labute approximate surface area is 201 Å². The van der Waals surface area contributed by atoms with E-state index in [-0.39, 0.29) is 5.56 Å². The van der Waals surface area contributed by atoms with E-state index in [1.807, 2.05) is 60.8 Å². The van der Waals surface area contributed by atoms with E-state index in [4.69, 9.17) is 21.1 Å². The third-order valence-electron chi connectivity index (χ3n) is 5.99. The van der Waals surface area contributed by atoms with Crippen molar-refractivity contribution in [1.82, 2.24) is 9.47 Å². The standard InChI is InChI=1S/C26H25ClN2O3S/c1-31-23-17-21(8-9-22(23)32-15-14-28-11-2-3-12-28)29-13-10-19-16-24(33-25(19)26(29)30)18-4-6-20(27)7-5-18/h4-10,13,16-17H,2-3,11-12,14-15H2,1H3. The van der Waals surface area contributed by atoms with Gasteiger partial charge in [0.1, 0.15) is 11.3 Å². The van der Waals surface area contributed by atoms with Gasteiger partial charge in [0.2, 0.25) is 0 Å². The van der Waals surface area contributed by atoms with Crippen LogP contribution in [0.25, 0.3) is 26.2 Å². The zero-order valence-electron chi connectivity index (χ0n) is 18.4. The van der Waals surface area contributed by atoms with Crippen molar-refractivity contribution in [3.8, 4) is 27.6 Å². The second-order valence-electron chi connectivity index (χ2n) is 8.13. The first-order valence-corrected chi connectivity index (χ1v) is 12.3. The summed E-state index contributed by atoms with van der Waals surface area (Å²) >= 11 is 7.50. The van der Waals surface area contributed by atoms with Gasteiger partial charge >= 0.3 is 0 Å². The smallest absolute Gasteiger partial charge is 0.273 e. The predicted molar refractivity (Wildman–Crippen MR) is 136 cm³/mol. The lowest BCUT2D eigenvalue weighted by atomic mass is 10.2. The van der Waals surface area contributed by atoms with Crippen LogP contribution < -0.4 is 15.0 Å². The number of nitrogens with zero attached hydrogens (tertiary/aromatic N) is 2. The van der Waals surface area contributed by atoms with Gasteiger partial charge in [-0.2, -0.15) is 0 Å². The van der Waals surface area contributed by atoms with E-state index in [0.29, 0.717) is 27.8 Å². The average Bonchev–Trinajstić information content (AvgIpc) is 3.51. The Kier molecular flexibility index (Phi) is 6.40. The van der Waals surface area contributed by atoms with Crippen molar-refractivity contribution < 1.29 is 9.47 Å². The molecule has 0 unspecified atom stereocenters. The molecule has 170 valence electrons. The van der Waals surface area contributed by atoms with Crippen LogP contribution in [0.1, 0.15) is 12.8 Å². The van der Waals surface area contributed by atoms with Crippen LogP contribution in [-0.2, 0) is 0 Å². The monoisotopic (exact) mass is 480 g/mol. The van der Waals surface area contributed by atoms with E-state index >= 15 is 0 Å². The molecule has 7 heteroatoms. The van der Waals surface area contributed by atoms with Crippen molar-refractivity contribution in [1.29, 1.82) is 0 Å². The Morgan fingerprint density at radius 1 is 1.00 bits per heavy atom. The highest BCUT2D eigenvalue weighted by atomic mass is 35.5. The summed E-state index contributed by atoms with van der Waals surface area (Å²) in [6.07, 6.45) is 4.34. The highest BCUT2D eigenvalue weighted by molar-refractivity contribution is 7.22. The maximum atomic E-state index is 13.3. The number of benzene rings is 2. The summed E-state index contributed by atoms with van der Waals surface area (Å²) in [6, 6.07) is 17.3. The molecule has 0 saturated carbocycles. The van der Waals surface area contributed by atoms with E-state index in [9.17, 15) is 4.79 Å². The van der Waals surface area contributed by atoms with Crippen LogP contribution in [0.2, 0.25) is 5.02 Å². The number of aromatic nitrogens is 1. The van der Waals surface area contributed by atoms with Crippen molar-refractivity contribution in [2.45, 2.75) is 12.8 Å². The summed E-state index contributed by atoms with van der Waals surface area (Å²) in [5, 5.41) is 1.62. The minimum Gasteiger partial charge on any atom is -0.493 e. The molecule has 1 aliphatic rings. The number of fused-ring (bicyclic) bond motifs is 1. The molecule has 0 aliphatic carbocycles. The first kappa shape index (κ1) is 22.0. The van der Waals surface area contributed by atoms with Crippen LogP contribution >= 0.6 is 22.9 Å². The summed E-state index contributed by atoms with van der Waals surface area (Å²) in [5.74, 6) is 1.31. The molecule has 2 aromatic heterocycles. The molecule has 0 atom stereocenters. The van der Waals surface area contributed by atoms with Crippen LogP contribution in [0.15, 0.2) is 65.6 Å². The van der Waals surface area contributed by atoms with E-state index in [2.05, 4.69) is 4.90 Å². The van der Waals surface area contributed by atoms with Gasteiger partial charge in [0.25, 0.3) is 5.56 Å². The van der Waals surface area contributed by atoms with E-state index in [1.54, 1.807) is 11.7 Å². The summed E-state index contributed by atoms with van der Waals surface area (Å²) in [5.41, 5.74) is 1.73. The Bertz CT molecular complexity index is 1320. The van der Waals surface area contributed by atoms with Crippen LogP contribution in [0, 0.1) is 0 Å². The summed E-state index contributed by atoms with van der Waals surface area (Å²) in [6.45, 7) is 3.82. The summed E-state index contributed by atoms with van der Waals surface area (Å²) < 4.78 is 13.9. The van der Waals surface area contributed by atoms with E-state index < -0.39 is 0 Å². The van der Waals surface area contributed by atoms with Gasteiger partial charge in [0, 0.05) is 34.1 Å². The SMILES string of the molecule is COc1cc(-n2ccc3cc(-c4ccc(Cl)cc4)sc3c2=O)ccc1OCCN1CCCC1. The van der Waals surface area contributed by atoms with E-state index in [1.165, 1.54) is 24.2 Å². The van der Waals surface area contributed by atoms with Gasteiger partial charge < -0.3 is 9.47 Å². The number of hydrogen-bond donors (Lipinski definition) is 0. The van der Waals surface area contributed by atoms with Crippen LogP contribution in [0.3, 0.4) is 0 Å². The Hall–Kier alpha value is -2.80. The predicted octanol–water partition coefficient (Wildman–Crippen LogP) is 5.86. The van der Waals surface area contributed by atoms with Crippen molar-refractivity contribution in [3.63, 3.8) is 0 Å². The average molecular weight is 481 g/mol. The fourth-order valence-corrected chi connectivity index (χ4v) is 5.42. The van der Waals surface area contributed by atoms with Crippen molar-refractivity contribution in [2.24, 2.45) is 0 Å². The molecule has 33 heavy (non-hydrogen) atoms. The van der Waals surface area contributed by atoms with Crippen molar-refractivity contribution in [2.75, 3.05) is 33.4 Å². The number of ether oxygens (including phenoxy) is 2. The maximum Gasteiger partial charge on any atom is 0.273 e. The zero-order chi connectivity index (χ0) is 22.8. The number of halogens is 1. The van der Waals surface area contributed by atoms with Crippen LogP contribution in [-0.4, -0.2) is 42.8 Å². The van der Waals surface area contributed by atoms with Gasteiger partial charge in [-0.25, -0.2) is 0 Å². The number of rotatable bonds is 7. The highest BCUT2D eigenvalue weighted by Gasteiger charge is 2.14. The molecular weight excluding hydrogens is 456 g/mol. The van der Waals surface area contributed by atoms with Gasteiger partial charge in [0.05, 0.1) is 12.8 Å². The lowest BCUT2D eigenvalue weighted by Crippen LogP contribution is -2.25. The summed E-state index contributed by atoms with van der Waals surface area (Å²) in [4.78, 5) is 16.8. The minimum atomic E-state index is -0.0533. The molecule has 4 aromatic rings. The molecule has 1 aliphatic heterocycles. The molecule has 5 rings (SSSR count). The number of pyridine rings is 1. The van der Waals surface area contributed by atoms with Gasteiger partial charge in [-0.3, -0.25) is 14.3 Å². The molecule has 3 heterocycles. The molecule has 1 saturated heterocycles. The largest absolute Gasteiger partial charge is 0.493 e. The molecule has 5 nitrogen and oxygen atoms in total. The first-order chi connectivity index (χ1) is 16.1. The molecular formula is C26H25ClN2O3S. The molecule has 0 radical (unpaired) electrons. The molecule has 1 fully saturated rings. The fourth-order valence-electron chi connectivity index (χ4n) is 4.20. The molecule has 0 amide bonds. The van der Waals surface area contributed by atoms with E-state index in [0.717, 1.165) is 41.1 Å². The minimum absolute atomic E-state index is 0.0533. The summed E-state index contributed by atoms with van der Waals surface area (Å²) in [7, 11) is 1.62. The van der Waals surface area contributed by atoms with Crippen molar-refractivity contribution >= 4 is 33.0 Å². The van der Waals surface area contributed by atoms with Crippen LogP contribution in [0.4, 0.5) is 0 Å². The quantitative estimate of drug-likeness (QED) is 0.332. The third kappa shape index (κ3) is 4.64. The maximum absolute atomic E-state index is 13.3. The topological polar surface area (TPSA) is 43.7 Å². The lowest BCUT2D eigenvalue weighted by molar-refractivity contribution is 0.230. The van der Waals surface area contributed by atoms with Gasteiger partial charge in [-0.05, 0) is 67.9 Å². The van der Waals surface area contributed by atoms with Gasteiger partial charge in [0.15, 0.2) is 11.5 Å². The Morgan fingerprint density at radius 2 is 1.79 bits per heavy atom. The molecule has 0 N–H and O–H groups in total. The number of hydrogen-bond acceptors (Lipinski definition) is 5. The van der Waals surface area contributed by atoms with Crippen LogP contribution in [0.5, 0.6) is 11.5 Å². The fraction of sp³-hybridized carbons (Fsp3) is 0.269. The Balaban J connectivity index is 1.41.